The quantitative estimate of drug-likeness (QED) is 0.400. The molecule has 0 saturated heterocycles. The molecule has 0 radical (unpaired) electrons. The molecule has 0 saturated carbocycles. The van der Waals surface area contributed by atoms with Crippen molar-refractivity contribution >= 4 is 11.8 Å². The number of unbranched alkanes of at least 4 members (excludes halogenated alkanes) is 9. The summed E-state index contributed by atoms with van der Waals surface area (Å²) in [6.45, 7) is 2.97. The lowest BCUT2D eigenvalue weighted by atomic mass is 10.1. The van der Waals surface area contributed by atoms with Gasteiger partial charge >= 0.3 is 11.8 Å². The SMILES string of the molecule is CCCCCCCCCCCCNC(=O)C(=O)NCc1ccc(F)cc1. The van der Waals surface area contributed by atoms with Crippen molar-refractivity contribution in [2.75, 3.05) is 6.54 Å². The van der Waals surface area contributed by atoms with E-state index in [1.54, 1.807) is 12.1 Å². The fourth-order valence-electron chi connectivity index (χ4n) is 2.76. The summed E-state index contributed by atoms with van der Waals surface area (Å²) in [6.07, 6.45) is 12.3. The molecule has 0 atom stereocenters. The summed E-state index contributed by atoms with van der Waals surface area (Å²) in [5.74, 6) is -1.58. The predicted octanol–water partition coefficient (Wildman–Crippen LogP) is 4.48. The van der Waals surface area contributed by atoms with E-state index >= 15 is 0 Å². The van der Waals surface area contributed by atoms with E-state index in [9.17, 15) is 14.0 Å². The molecule has 1 aromatic rings. The average Bonchev–Trinajstić information content (AvgIpc) is 2.65. The van der Waals surface area contributed by atoms with Gasteiger partial charge in [0.2, 0.25) is 0 Å². The van der Waals surface area contributed by atoms with Crippen LogP contribution < -0.4 is 10.6 Å². The third-order valence-corrected chi connectivity index (χ3v) is 4.39. The van der Waals surface area contributed by atoms with Gasteiger partial charge in [-0.15, -0.1) is 0 Å². The topological polar surface area (TPSA) is 58.2 Å². The lowest BCUT2D eigenvalue weighted by Gasteiger charge is -2.07. The molecular weight excluding hydrogens is 331 g/mol. The predicted molar refractivity (Wildman–Crippen MR) is 103 cm³/mol. The van der Waals surface area contributed by atoms with Crippen LogP contribution in [0.25, 0.3) is 0 Å². The molecule has 0 aliphatic heterocycles. The van der Waals surface area contributed by atoms with E-state index in [0.29, 0.717) is 6.54 Å². The summed E-state index contributed by atoms with van der Waals surface area (Å²) in [4.78, 5) is 23.4. The number of halogens is 1. The minimum absolute atomic E-state index is 0.213. The van der Waals surface area contributed by atoms with E-state index in [4.69, 9.17) is 0 Å². The van der Waals surface area contributed by atoms with E-state index in [2.05, 4.69) is 17.6 Å². The Morgan fingerprint density at radius 3 is 1.85 bits per heavy atom. The molecule has 0 aromatic heterocycles. The van der Waals surface area contributed by atoms with Crippen molar-refractivity contribution in [1.82, 2.24) is 10.6 Å². The fourth-order valence-corrected chi connectivity index (χ4v) is 2.76. The Morgan fingerprint density at radius 1 is 0.769 bits per heavy atom. The van der Waals surface area contributed by atoms with Crippen molar-refractivity contribution in [3.8, 4) is 0 Å². The number of nitrogens with one attached hydrogen (secondary N) is 2. The van der Waals surface area contributed by atoms with Crippen LogP contribution in [0.5, 0.6) is 0 Å². The van der Waals surface area contributed by atoms with E-state index in [1.165, 1.54) is 63.5 Å². The van der Waals surface area contributed by atoms with Gasteiger partial charge < -0.3 is 10.6 Å². The summed E-state index contributed by atoms with van der Waals surface area (Å²) >= 11 is 0. The molecule has 146 valence electrons. The molecule has 0 unspecified atom stereocenters. The molecule has 1 aromatic carbocycles. The lowest BCUT2D eigenvalue weighted by Crippen LogP contribution is -2.39. The van der Waals surface area contributed by atoms with E-state index in [-0.39, 0.29) is 12.4 Å². The molecule has 2 N–H and O–H groups in total. The maximum Gasteiger partial charge on any atom is 0.309 e. The Kier molecular flexibility index (Phi) is 12.2. The number of carbonyl (C=O) groups excluding carboxylic acids is 2. The maximum atomic E-state index is 12.8. The van der Waals surface area contributed by atoms with E-state index in [0.717, 1.165) is 18.4 Å². The Bertz CT molecular complexity index is 517. The third kappa shape index (κ3) is 10.9. The van der Waals surface area contributed by atoms with Crippen LogP contribution in [-0.2, 0) is 16.1 Å². The zero-order valence-electron chi connectivity index (χ0n) is 16.0. The summed E-state index contributed by atoms with van der Waals surface area (Å²) in [5, 5.41) is 5.18. The number of hydrogen-bond donors (Lipinski definition) is 2. The molecule has 0 aliphatic carbocycles. The molecule has 0 spiro atoms. The van der Waals surface area contributed by atoms with Crippen LogP contribution in [0.15, 0.2) is 24.3 Å². The Hall–Kier alpha value is -1.91. The Morgan fingerprint density at radius 2 is 1.27 bits per heavy atom. The van der Waals surface area contributed by atoms with Crippen LogP contribution in [0.1, 0.15) is 76.7 Å². The number of rotatable bonds is 13. The molecule has 5 heteroatoms. The first-order valence-corrected chi connectivity index (χ1v) is 9.94. The highest BCUT2D eigenvalue weighted by Crippen LogP contribution is 2.10. The van der Waals surface area contributed by atoms with Crippen molar-refractivity contribution in [3.05, 3.63) is 35.6 Å². The molecule has 26 heavy (non-hydrogen) atoms. The van der Waals surface area contributed by atoms with Gasteiger partial charge in [0.15, 0.2) is 0 Å². The van der Waals surface area contributed by atoms with Gasteiger partial charge in [-0.1, -0.05) is 76.8 Å². The van der Waals surface area contributed by atoms with Gasteiger partial charge in [-0.05, 0) is 24.1 Å². The van der Waals surface area contributed by atoms with Gasteiger partial charge in [0, 0.05) is 13.1 Å². The standard InChI is InChI=1S/C21H33FN2O2/c1-2-3-4-5-6-7-8-9-10-11-16-23-20(25)21(26)24-17-18-12-14-19(22)15-13-18/h12-15H,2-11,16-17H2,1H3,(H,23,25)(H,24,26). The average molecular weight is 365 g/mol. The summed E-state index contributed by atoms with van der Waals surface area (Å²) in [7, 11) is 0. The van der Waals surface area contributed by atoms with Crippen molar-refractivity contribution in [2.24, 2.45) is 0 Å². The van der Waals surface area contributed by atoms with Crippen molar-refractivity contribution in [1.29, 1.82) is 0 Å². The number of benzene rings is 1. The Balaban J connectivity index is 1.97. The van der Waals surface area contributed by atoms with Crippen molar-refractivity contribution in [3.63, 3.8) is 0 Å². The largest absolute Gasteiger partial charge is 0.348 e. The first-order chi connectivity index (χ1) is 12.6. The highest BCUT2D eigenvalue weighted by Gasteiger charge is 2.11. The van der Waals surface area contributed by atoms with E-state index < -0.39 is 11.8 Å². The minimum atomic E-state index is -0.651. The van der Waals surface area contributed by atoms with E-state index in [1.807, 2.05) is 0 Å². The first kappa shape index (κ1) is 22.1. The van der Waals surface area contributed by atoms with Crippen molar-refractivity contribution in [2.45, 2.75) is 77.7 Å². The van der Waals surface area contributed by atoms with Crippen LogP contribution >= 0.6 is 0 Å². The van der Waals surface area contributed by atoms with Crippen LogP contribution in [-0.4, -0.2) is 18.4 Å². The van der Waals surface area contributed by atoms with Gasteiger partial charge in [0.05, 0.1) is 0 Å². The van der Waals surface area contributed by atoms with Crippen LogP contribution in [0.4, 0.5) is 4.39 Å². The lowest BCUT2D eigenvalue weighted by molar-refractivity contribution is -0.139. The van der Waals surface area contributed by atoms with Gasteiger partial charge in [-0.3, -0.25) is 9.59 Å². The number of amides is 2. The molecule has 0 bridgehead atoms. The number of carbonyl (C=O) groups is 2. The van der Waals surface area contributed by atoms with Crippen LogP contribution in [0.3, 0.4) is 0 Å². The zero-order chi connectivity index (χ0) is 19.0. The molecule has 0 aliphatic rings. The van der Waals surface area contributed by atoms with Crippen molar-refractivity contribution < 1.29 is 14.0 Å². The number of hydrogen-bond acceptors (Lipinski definition) is 2. The second-order valence-corrected chi connectivity index (χ2v) is 6.75. The first-order valence-electron chi connectivity index (χ1n) is 9.94. The van der Waals surface area contributed by atoms with Gasteiger partial charge in [-0.25, -0.2) is 4.39 Å². The fraction of sp³-hybridized carbons (Fsp3) is 0.619. The monoisotopic (exact) mass is 364 g/mol. The minimum Gasteiger partial charge on any atom is -0.348 e. The summed E-state index contributed by atoms with van der Waals surface area (Å²) in [6, 6.07) is 5.81. The maximum absolute atomic E-state index is 12.8. The normalized spacial score (nSPS) is 10.5. The molecule has 0 fully saturated rings. The molecule has 0 heterocycles. The highest BCUT2D eigenvalue weighted by molar-refractivity contribution is 6.35. The van der Waals surface area contributed by atoms with Gasteiger partial charge in [-0.2, -0.15) is 0 Å². The zero-order valence-corrected chi connectivity index (χ0v) is 16.0. The molecule has 1 rings (SSSR count). The summed E-state index contributed by atoms with van der Waals surface area (Å²) < 4.78 is 12.8. The smallest absolute Gasteiger partial charge is 0.309 e. The summed E-state index contributed by atoms with van der Waals surface area (Å²) in [5.41, 5.74) is 0.752. The molecule has 4 nitrogen and oxygen atoms in total. The van der Waals surface area contributed by atoms with Gasteiger partial charge in [0.1, 0.15) is 5.82 Å². The second-order valence-electron chi connectivity index (χ2n) is 6.75. The van der Waals surface area contributed by atoms with Gasteiger partial charge in [0.25, 0.3) is 0 Å². The molecule has 2 amide bonds. The second kappa shape index (κ2) is 14.3. The highest BCUT2D eigenvalue weighted by atomic mass is 19.1. The third-order valence-electron chi connectivity index (χ3n) is 4.39. The molecular formula is C21H33FN2O2. The Labute approximate surface area is 156 Å². The van der Waals surface area contributed by atoms with Crippen LogP contribution in [0, 0.1) is 5.82 Å². The van der Waals surface area contributed by atoms with Crippen LogP contribution in [0.2, 0.25) is 0 Å².